The van der Waals surface area contributed by atoms with Gasteiger partial charge in [0, 0.05) is 12.6 Å². The van der Waals surface area contributed by atoms with E-state index >= 15 is 0 Å². The average molecular weight is 355 g/mol. The van der Waals surface area contributed by atoms with Crippen molar-refractivity contribution >= 4 is 11.8 Å². The highest BCUT2D eigenvalue weighted by Crippen LogP contribution is 2.37. The van der Waals surface area contributed by atoms with Crippen LogP contribution in [0.2, 0.25) is 0 Å². The Morgan fingerprint density at radius 1 is 1.19 bits per heavy atom. The number of nitrogens with zero attached hydrogens (tertiary/aromatic N) is 3. The molecule has 1 aromatic carbocycles. The fourth-order valence-corrected chi connectivity index (χ4v) is 3.49. The second-order valence-corrected chi connectivity index (χ2v) is 6.77. The first-order chi connectivity index (χ1) is 12.5. The van der Waals surface area contributed by atoms with E-state index in [1.807, 2.05) is 6.07 Å². The van der Waals surface area contributed by atoms with Crippen molar-refractivity contribution in [2.24, 2.45) is 16.5 Å². The SMILES string of the molecule is CN1C(N)=Nc2nc(-c3c(F)cccc3OC3CCCC3)ccc2C1N. The lowest BCUT2D eigenvalue weighted by Gasteiger charge is -2.30. The Morgan fingerprint density at radius 3 is 2.73 bits per heavy atom. The summed E-state index contributed by atoms with van der Waals surface area (Å²) >= 11 is 0. The first kappa shape index (κ1) is 16.8. The summed E-state index contributed by atoms with van der Waals surface area (Å²) in [4.78, 5) is 10.5. The molecular weight excluding hydrogens is 333 g/mol. The predicted molar refractivity (Wildman–Crippen MR) is 98.5 cm³/mol. The summed E-state index contributed by atoms with van der Waals surface area (Å²) in [7, 11) is 1.77. The first-order valence-corrected chi connectivity index (χ1v) is 8.83. The lowest BCUT2D eigenvalue weighted by atomic mass is 10.1. The molecule has 4 rings (SSSR count). The monoisotopic (exact) mass is 355 g/mol. The van der Waals surface area contributed by atoms with Crippen molar-refractivity contribution in [3.8, 4) is 17.0 Å². The van der Waals surface area contributed by atoms with Gasteiger partial charge in [-0.25, -0.2) is 9.37 Å². The van der Waals surface area contributed by atoms with Gasteiger partial charge in [0.05, 0.1) is 17.4 Å². The molecule has 2 aliphatic rings. The molecule has 0 amide bonds. The number of hydrogen-bond acceptors (Lipinski definition) is 6. The average Bonchev–Trinajstić information content (AvgIpc) is 3.13. The van der Waals surface area contributed by atoms with E-state index in [4.69, 9.17) is 16.2 Å². The topological polar surface area (TPSA) is 89.8 Å². The van der Waals surface area contributed by atoms with Gasteiger partial charge in [-0.1, -0.05) is 6.07 Å². The summed E-state index contributed by atoms with van der Waals surface area (Å²) in [5, 5.41) is 0. The number of ether oxygens (including phenoxy) is 1. The largest absolute Gasteiger partial charge is 0.490 e. The molecule has 4 N–H and O–H groups in total. The smallest absolute Gasteiger partial charge is 0.199 e. The van der Waals surface area contributed by atoms with Gasteiger partial charge >= 0.3 is 0 Å². The number of benzene rings is 1. The number of guanidine groups is 1. The van der Waals surface area contributed by atoms with Gasteiger partial charge in [0.15, 0.2) is 11.8 Å². The molecule has 0 saturated heterocycles. The van der Waals surface area contributed by atoms with Crippen LogP contribution in [-0.2, 0) is 0 Å². The third kappa shape index (κ3) is 2.88. The molecule has 0 bridgehead atoms. The quantitative estimate of drug-likeness (QED) is 0.883. The summed E-state index contributed by atoms with van der Waals surface area (Å²) in [5.74, 6) is 0.840. The normalized spacial score (nSPS) is 20.0. The lowest BCUT2D eigenvalue weighted by Crippen LogP contribution is -2.43. The zero-order chi connectivity index (χ0) is 18.3. The van der Waals surface area contributed by atoms with Crippen LogP contribution in [0.4, 0.5) is 10.2 Å². The van der Waals surface area contributed by atoms with Crippen LogP contribution in [0.3, 0.4) is 0 Å². The second kappa shape index (κ2) is 6.57. The number of nitrogens with two attached hydrogens (primary N) is 2. The van der Waals surface area contributed by atoms with Crippen LogP contribution in [0, 0.1) is 5.82 Å². The summed E-state index contributed by atoms with van der Waals surface area (Å²) in [6, 6.07) is 8.43. The van der Waals surface area contributed by atoms with E-state index in [0.29, 0.717) is 22.8 Å². The Hall–Kier alpha value is -2.67. The molecule has 1 atom stereocenters. The minimum absolute atomic E-state index is 0.129. The van der Waals surface area contributed by atoms with Gasteiger partial charge in [-0.15, -0.1) is 0 Å². The molecular formula is C19H22FN5O. The van der Waals surface area contributed by atoms with Crippen molar-refractivity contribution in [2.75, 3.05) is 7.05 Å². The van der Waals surface area contributed by atoms with Gasteiger partial charge in [-0.3, -0.25) is 0 Å². The van der Waals surface area contributed by atoms with E-state index in [0.717, 1.165) is 31.2 Å². The number of halogens is 1. The summed E-state index contributed by atoms with van der Waals surface area (Å²) in [5.41, 5.74) is 13.6. The van der Waals surface area contributed by atoms with E-state index in [2.05, 4.69) is 9.98 Å². The predicted octanol–water partition coefficient (Wildman–Crippen LogP) is 3.06. The fourth-order valence-electron chi connectivity index (χ4n) is 3.49. The highest BCUT2D eigenvalue weighted by molar-refractivity contribution is 5.83. The van der Waals surface area contributed by atoms with Gasteiger partial charge in [0.1, 0.15) is 17.7 Å². The Bertz CT molecular complexity index is 863. The highest BCUT2D eigenvalue weighted by atomic mass is 19.1. The molecule has 1 aliphatic carbocycles. The van der Waals surface area contributed by atoms with Gasteiger partial charge < -0.3 is 21.1 Å². The van der Waals surface area contributed by atoms with Gasteiger partial charge in [-0.05, 0) is 49.9 Å². The molecule has 2 heterocycles. The summed E-state index contributed by atoms with van der Waals surface area (Å²) in [6.45, 7) is 0. The van der Waals surface area contributed by atoms with Crippen molar-refractivity contribution in [1.82, 2.24) is 9.88 Å². The molecule has 1 unspecified atom stereocenters. The third-order valence-electron chi connectivity index (χ3n) is 5.05. The molecule has 0 spiro atoms. The Balaban J connectivity index is 1.76. The van der Waals surface area contributed by atoms with Crippen molar-refractivity contribution in [1.29, 1.82) is 0 Å². The number of pyridine rings is 1. The molecule has 136 valence electrons. The maximum absolute atomic E-state index is 14.6. The second-order valence-electron chi connectivity index (χ2n) is 6.77. The summed E-state index contributed by atoms with van der Waals surface area (Å²) < 4.78 is 20.7. The van der Waals surface area contributed by atoms with E-state index in [1.165, 1.54) is 6.07 Å². The number of fused-ring (bicyclic) bond motifs is 1. The standard InChI is InChI=1S/C19H22FN5O/c1-25-17(21)12-9-10-14(23-18(12)24-19(25)22)16-13(20)7-4-8-15(16)26-11-5-2-3-6-11/h4,7-11,17H,2-3,5-6,21H2,1H3,(H2,22,23,24). The fraction of sp³-hybridized carbons (Fsp3) is 0.368. The van der Waals surface area contributed by atoms with Crippen molar-refractivity contribution in [2.45, 2.75) is 38.0 Å². The molecule has 6 nitrogen and oxygen atoms in total. The van der Waals surface area contributed by atoms with E-state index < -0.39 is 6.17 Å². The number of rotatable bonds is 3. The van der Waals surface area contributed by atoms with Crippen molar-refractivity contribution < 1.29 is 9.13 Å². The van der Waals surface area contributed by atoms with E-state index in [9.17, 15) is 4.39 Å². The molecule has 1 fully saturated rings. The maximum atomic E-state index is 14.6. The number of aliphatic imine (C=N–C) groups is 1. The van der Waals surface area contributed by atoms with Crippen LogP contribution in [0.1, 0.15) is 37.4 Å². The Morgan fingerprint density at radius 2 is 1.96 bits per heavy atom. The Labute approximate surface area is 151 Å². The zero-order valence-electron chi connectivity index (χ0n) is 14.7. The Kier molecular flexibility index (Phi) is 4.24. The highest BCUT2D eigenvalue weighted by Gasteiger charge is 2.26. The summed E-state index contributed by atoms with van der Waals surface area (Å²) in [6.07, 6.45) is 3.98. The minimum atomic E-state index is -0.432. The molecule has 2 aromatic rings. The molecule has 26 heavy (non-hydrogen) atoms. The van der Waals surface area contributed by atoms with Gasteiger partial charge in [-0.2, -0.15) is 4.99 Å². The van der Waals surface area contributed by atoms with Crippen LogP contribution in [0.15, 0.2) is 35.3 Å². The van der Waals surface area contributed by atoms with E-state index in [-0.39, 0.29) is 17.9 Å². The zero-order valence-corrected chi connectivity index (χ0v) is 14.7. The van der Waals surface area contributed by atoms with Crippen LogP contribution in [-0.4, -0.2) is 29.0 Å². The van der Waals surface area contributed by atoms with Crippen molar-refractivity contribution in [3.63, 3.8) is 0 Å². The van der Waals surface area contributed by atoms with Crippen LogP contribution < -0.4 is 16.2 Å². The molecule has 7 heteroatoms. The number of hydrogen-bond donors (Lipinski definition) is 2. The van der Waals surface area contributed by atoms with Crippen LogP contribution in [0.5, 0.6) is 5.75 Å². The van der Waals surface area contributed by atoms with Gasteiger partial charge in [0.2, 0.25) is 0 Å². The van der Waals surface area contributed by atoms with Crippen molar-refractivity contribution in [3.05, 3.63) is 41.7 Å². The molecule has 1 saturated carbocycles. The van der Waals surface area contributed by atoms with Crippen LogP contribution >= 0.6 is 0 Å². The van der Waals surface area contributed by atoms with Crippen LogP contribution in [0.25, 0.3) is 11.3 Å². The molecule has 0 radical (unpaired) electrons. The molecule has 1 aromatic heterocycles. The number of aromatic nitrogens is 1. The maximum Gasteiger partial charge on any atom is 0.199 e. The molecule has 1 aliphatic heterocycles. The van der Waals surface area contributed by atoms with E-state index in [1.54, 1.807) is 30.1 Å². The lowest BCUT2D eigenvalue weighted by molar-refractivity contribution is 0.210. The third-order valence-corrected chi connectivity index (χ3v) is 5.05. The minimum Gasteiger partial charge on any atom is -0.490 e. The first-order valence-electron chi connectivity index (χ1n) is 8.83. The van der Waals surface area contributed by atoms with Gasteiger partial charge in [0.25, 0.3) is 0 Å².